The van der Waals surface area contributed by atoms with Gasteiger partial charge in [-0.05, 0) is 53.4 Å². The van der Waals surface area contributed by atoms with Crippen LogP contribution in [0.5, 0.6) is 0 Å². The Morgan fingerprint density at radius 1 is 0.844 bits per heavy atom. The van der Waals surface area contributed by atoms with Crippen LogP contribution in [0, 0.1) is 0 Å². The van der Waals surface area contributed by atoms with E-state index in [1.807, 2.05) is 18.2 Å². The van der Waals surface area contributed by atoms with Gasteiger partial charge < -0.3 is 9.88 Å². The average molecular weight is 483 g/mol. The maximum Gasteiger partial charge on any atom is 0.150 e. The molecule has 0 aliphatic heterocycles. The summed E-state index contributed by atoms with van der Waals surface area (Å²) in [6, 6.07) is 27.2. The number of hydrogen-bond acceptors (Lipinski definition) is 3. The van der Waals surface area contributed by atoms with Gasteiger partial charge in [-0.1, -0.05) is 72.2 Å². The van der Waals surface area contributed by atoms with Crippen molar-refractivity contribution >= 4 is 38.5 Å². The molecule has 0 unspecified atom stereocenters. The summed E-state index contributed by atoms with van der Waals surface area (Å²) < 4.78 is 3.17. The molecule has 158 valence electrons. The van der Waals surface area contributed by atoms with Crippen LogP contribution in [0.4, 0.5) is 11.5 Å². The Bertz CT molecular complexity index is 1360. The summed E-state index contributed by atoms with van der Waals surface area (Å²) in [7, 11) is 0. The lowest BCUT2D eigenvalue weighted by Crippen LogP contribution is -1.98. The fourth-order valence-corrected chi connectivity index (χ4v) is 4.14. The highest BCUT2D eigenvalue weighted by atomic mass is 79.9. The second-order valence-corrected chi connectivity index (χ2v) is 8.99. The molecule has 5 aromatic rings. The van der Waals surface area contributed by atoms with Crippen LogP contribution in [-0.2, 0) is 0 Å². The van der Waals surface area contributed by atoms with Gasteiger partial charge in [0.25, 0.3) is 0 Å². The Morgan fingerprint density at radius 2 is 1.56 bits per heavy atom. The third-order valence-electron chi connectivity index (χ3n) is 5.61. The second kappa shape index (κ2) is 8.60. The summed E-state index contributed by atoms with van der Waals surface area (Å²) in [5, 5.41) is 4.52. The Morgan fingerprint density at radius 3 is 2.25 bits per heavy atom. The van der Waals surface area contributed by atoms with Gasteiger partial charge in [-0.15, -0.1) is 0 Å². The third kappa shape index (κ3) is 3.92. The van der Waals surface area contributed by atoms with E-state index in [0.717, 1.165) is 43.8 Å². The smallest absolute Gasteiger partial charge is 0.150 e. The molecule has 0 aliphatic rings. The number of aromatic nitrogens is 3. The zero-order valence-electron chi connectivity index (χ0n) is 18.0. The molecule has 32 heavy (non-hydrogen) atoms. The van der Waals surface area contributed by atoms with Crippen LogP contribution in [0.1, 0.15) is 25.3 Å². The standard InChI is InChI=1S/C27H23BrN4/c1-18(2)19-8-12-22(13-9-19)31-26-25-24(20-6-4-3-5-7-20)16-32(27(25)30-17-29-26)23-14-10-21(28)11-15-23/h3-18H,1-2H3,(H,29,30,31). The van der Waals surface area contributed by atoms with E-state index in [0.29, 0.717) is 5.92 Å². The third-order valence-corrected chi connectivity index (χ3v) is 6.14. The first-order chi connectivity index (χ1) is 15.6. The normalized spacial score (nSPS) is 11.2. The van der Waals surface area contributed by atoms with Crippen molar-refractivity contribution in [2.24, 2.45) is 0 Å². The zero-order chi connectivity index (χ0) is 22.1. The van der Waals surface area contributed by atoms with Crippen molar-refractivity contribution in [3.05, 3.63) is 101 Å². The van der Waals surface area contributed by atoms with Crippen LogP contribution in [0.15, 0.2) is 95.9 Å². The van der Waals surface area contributed by atoms with Gasteiger partial charge in [-0.25, -0.2) is 9.97 Å². The maximum absolute atomic E-state index is 4.67. The van der Waals surface area contributed by atoms with E-state index in [4.69, 9.17) is 0 Å². The summed E-state index contributed by atoms with van der Waals surface area (Å²) in [6.07, 6.45) is 3.77. The highest BCUT2D eigenvalue weighted by Gasteiger charge is 2.17. The molecule has 0 radical (unpaired) electrons. The predicted molar refractivity (Wildman–Crippen MR) is 136 cm³/mol. The number of anilines is 2. The summed E-state index contributed by atoms with van der Waals surface area (Å²) in [4.78, 5) is 9.29. The van der Waals surface area contributed by atoms with Gasteiger partial charge >= 0.3 is 0 Å². The minimum atomic E-state index is 0.499. The van der Waals surface area contributed by atoms with Crippen molar-refractivity contribution < 1.29 is 0 Å². The number of rotatable bonds is 5. The van der Waals surface area contributed by atoms with Crippen molar-refractivity contribution in [2.45, 2.75) is 19.8 Å². The number of hydrogen-bond donors (Lipinski definition) is 1. The summed E-state index contributed by atoms with van der Waals surface area (Å²) >= 11 is 3.53. The van der Waals surface area contributed by atoms with E-state index >= 15 is 0 Å². The molecule has 5 heteroatoms. The van der Waals surface area contributed by atoms with Crippen molar-refractivity contribution in [2.75, 3.05) is 5.32 Å². The van der Waals surface area contributed by atoms with Crippen LogP contribution < -0.4 is 5.32 Å². The highest BCUT2D eigenvalue weighted by Crippen LogP contribution is 2.36. The van der Waals surface area contributed by atoms with E-state index in [2.05, 4.69) is 116 Å². The lowest BCUT2D eigenvalue weighted by atomic mass is 10.0. The molecule has 4 nitrogen and oxygen atoms in total. The van der Waals surface area contributed by atoms with Gasteiger partial charge in [0.05, 0.1) is 5.39 Å². The minimum absolute atomic E-state index is 0.499. The summed E-state index contributed by atoms with van der Waals surface area (Å²) in [6.45, 7) is 4.40. The SMILES string of the molecule is CC(C)c1ccc(Nc2ncnc3c2c(-c2ccccc2)cn3-c2ccc(Br)cc2)cc1. The molecular weight excluding hydrogens is 460 g/mol. The lowest BCUT2D eigenvalue weighted by molar-refractivity contribution is 0.867. The minimum Gasteiger partial charge on any atom is -0.340 e. The van der Waals surface area contributed by atoms with Crippen LogP contribution in [0.25, 0.3) is 27.8 Å². The molecule has 0 fully saturated rings. The molecule has 2 aromatic heterocycles. The molecule has 0 amide bonds. The van der Waals surface area contributed by atoms with E-state index in [1.54, 1.807) is 6.33 Å². The number of benzene rings is 3. The van der Waals surface area contributed by atoms with Gasteiger partial charge in [0.2, 0.25) is 0 Å². The molecule has 0 aliphatic carbocycles. The molecule has 0 saturated carbocycles. The number of nitrogens with zero attached hydrogens (tertiary/aromatic N) is 3. The molecule has 2 heterocycles. The lowest BCUT2D eigenvalue weighted by Gasteiger charge is -2.11. The molecule has 3 aromatic carbocycles. The van der Waals surface area contributed by atoms with E-state index in [1.165, 1.54) is 5.56 Å². The monoisotopic (exact) mass is 482 g/mol. The van der Waals surface area contributed by atoms with Crippen molar-refractivity contribution in [1.82, 2.24) is 14.5 Å². The van der Waals surface area contributed by atoms with Crippen LogP contribution in [0.2, 0.25) is 0 Å². The van der Waals surface area contributed by atoms with Crippen LogP contribution in [0.3, 0.4) is 0 Å². The molecule has 0 atom stereocenters. The van der Waals surface area contributed by atoms with Crippen LogP contribution >= 0.6 is 15.9 Å². The summed E-state index contributed by atoms with van der Waals surface area (Å²) in [5.74, 6) is 1.29. The van der Waals surface area contributed by atoms with E-state index < -0.39 is 0 Å². The molecule has 0 spiro atoms. The Hall–Kier alpha value is -3.44. The average Bonchev–Trinajstić information content (AvgIpc) is 3.21. The van der Waals surface area contributed by atoms with Gasteiger partial charge in [0.1, 0.15) is 12.1 Å². The van der Waals surface area contributed by atoms with Crippen LogP contribution in [-0.4, -0.2) is 14.5 Å². The molecular formula is C27H23BrN4. The molecule has 5 rings (SSSR count). The number of nitrogens with one attached hydrogen (secondary N) is 1. The van der Waals surface area contributed by atoms with Gasteiger partial charge in [-0.2, -0.15) is 0 Å². The van der Waals surface area contributed by atoms with E-state index in [-0.39, 0.29) is 0 Å². The number of halogens is 1. The fourth-order valence-electron chi connectivity index (χ4n) is 3.88. The fraction of sp³-hybridized carbons (Fsp3) is 0.111. The first kappa shape index (κ1) is 20.5. The van der Waals surface area contributed by atoms with Gasteiger partial charge in [-0.3, -0.25) is 0 Å². The predicted octanol–water partition coefficient (Wildman–Crippen LogP) is 7.72. The maximum atomic E-state index is 4.67. The molecule has 1 N–H and O–H groups in total. The quantitative estimate of drug-likeness (QED) is 0.278. The van der Waals surface area contributed by atoms with Crippen molar-refractivity contribution in [3.8, 4) is 16.8 Å². The Kier molecular flexibility index (Phi) is 5.50. The molecule has 0 bridgehead atoms. The Labute approximate surface area is 196 Å². The number of fused-ring (bicyclic) bond motifs is 1. The zero-order valence-corrected chi connectivity index (χ0v) is 19.5. The highest BCUT2D eigenvalue weighted by molar-refractivity contribution is 9.10. The first-order valence-electron chi connectivity index (χ1n) is 10.6. The summed E-state index contributed by atoms with van der Waals surface area (Å²) in [5.41, 5.74) is 6.44. The van der Waals surface area contributed by atoms with Gasteiger partial charge in [0.15, 0.2) is 5.65 Å². The van der Waals surface area contributed by atoms with Gasteiger partial charge in [0, 0.05) is 27.6 Å². The Balaban J connectivity index is 1.67. The van der Waals surface area contributed by atoms with Crippen molar-refractivity contribution in [1.29, 1.82) is 0 Å². The van der Waals surface area contributed by atoms with Crippen molar-refractivity contribution in [3.63, 3.8) is 0 Å². The second-order valence-electron chi connectivity index (χ2n) is 8.08. The first-order valence-corrected chi connectivity index (χ1v) is 11.4. The molecule has 0 saturated heterocycles. The van der Waals surface area contributed by atoms with E-state index in [9.17, 15) is 0 Å². The largest absolute Gasteiger partial charge is 0.340 e. The topological polar surface area (TPSA) is 42.7 Å².